The fraction of sp³-hybridized carbons (Fsp3) is 0.455. The fourth-order valence-electron chi connectivity index (χ4n) is 2.02. The van der Waals surface area contributed by atoms with Gasteiger partial charge in [0.25, 0.3) is 0 Å². The van der Waals surface area contributed by atoms with Crippen LogP contribution < -0.4 is 0 Å². The Hall–Kier alpha value is -1.07. The van der Waals surface area contributed by atoms with Gasteiger partial charge in [-0.25, -0.2) is 4.79 Å². The van der Waals surface area contributed by atoms with E-state index < -0.39 is 12.0 Å². The van der Waals surface area contributed by atoms with Gasteiger partial charge in [0, 0.05) is 11.4 Å². The summed E-state index contributed by atoms with van der Waals surface area (Å²) in [7, 11) is 0. The van der Waals surface area contributed by atoms with E-state index in [2.05, 4.69) is 0 Å². The van der Waals surface area contributed by atoms with Crippen LogP contribution in [0.4, 0.5) is 0 Å². The number of nitrogens with zero attached hydrogens (tertiary/aromatic N) is 1. The second kappa shape index (κ2) is 5.06. The highest BCUT2D eigenvalue weighted by atomic mass is 35.5. The third-order valence-corrected chi connectivity index (χ3v) is 4.04. The van der Waals surface area contributed by atoms with Crippen molar-refractivity contribution in [1.29, 1.82) is 0 Å². The zero-order valence-electron chi connectivity index (χ0n) is 9.06. The lowest BCUT2D eigenvalue weighted by Crippen LogP contribution is -2.41. The van der Waals surface area contributed by atoms with Crippen LogP contribution in [0.25, 0.3) is 0 Å². The van der Waals surface area contributed by atoms with E-state index in [0.29, 0.717) is 17.3 Å². The molecule has 0 spiro atoms. The van der Waals surface area contributed by atoms with Crippen molar-refractivity contribution in [3.05, 3.63) is 21.3 Å². The third kappa shape index (κ3) is 2.79. The van der Waals surface area contributed by atoms with Crippen molar-refractivity contribution in [1.82, 2.24) is 4.90 Å². The molecule has 1 aliphatic heterocycles. The van der Waals surface area contributed by atoms with Crippen molar-refractivity contribution < 1.29 is 14.7 Å². The first-order valence-electron chi connectivity index (χ1n) is 5.34. The maximum atomic E-state index is 12.0. The van der Waals surface area contributed by atoms with Gasteiger partial charge in [0.1, 0.15) is 6.04 Å². The van der Waals surface area contributed by atoms with Crippen LogP contribution in [0.3, 0.4) is 0 Å². The van der Waals surface area contributed by atoms with Crippen molar-refractivity contribution >= 4 is 34.8 Å². The van der Waals surface area contributed by atoms with Gasteiger partial charge in [-0.15, -0.1) is 11.3 Å². The van der Waals surface area contributed by atoms with E-state index in [1.54, 1.807) is 12.1 Å². The molecular formula is C11H12ClNO3S. The number of aliphatic carboxylic acids is 1. The summed E-state index contributed by atoms with van der Waals surface area (Å²) in [5.41, 5.74) is 0. The second-order valence-corrected chi connectivity index (χ2v) is 5.77. The lowest BCUT2D eigenvalue weighted by Gasteiger charge is -2.20. The van der Waals surface area contributed by atoms with Gasteiger partial charge in [0.05, 0.1) is 10.8 Å². The minimum absolute atomic E-state index is 0.131. The maximum absolute atomic E-state index is 12.0. The molecule has 0 aromatic carbocycles. The first-order chi connectivity index (χ1) is 8.08. The predicted molar refractivity (Wildman–Crippen MR) is 65.4 cm³/mol. The Bertz CT molecular complexity index is 446. The number of carboxylic acid groups (broad SMARTS) is 1. The Balaban J connectivity index is 2.02. The highest BCUT2D eigenvalue weighted by molar-refractivity contribution is 7.16. The molecule has 1 aromatic heterocycles. The summed E-state index contributed by atoms with van der Waals surface area (Å²) in [4.78, 5) is 25.3. The van der Waals surface area contributed by atoms with Crippen LogP contribution in [0.5, 0.6) is 0 Å². The normalized spacial score (nSPS) is 19.6. The summed E-state index contributed by atoms with van der Waals surface area (Å²) >= 11 is 7.14. The molecule has 0 aliphatic carbocycles. The number of likely N-dealkylation sites (tertiary alicyclic amines) is 1. The minimum Gasteiger partial charge on any atom is -0.480 e. The van der Waals surface area contributed by atoms with Crippen LogP contribution in [-0.4, -0.2) is 34.5 Å². The van der Waals surface area contributed by atoms with Crippen LogP contribution >= 0.6 is 22.9 Å². The summed E-state index contributed by atoms with van der Waals surface area (Å²) < 4.78 is 0.643. The van der Waals surface area contributed by atoms with Gasteiger partial charge in [0.15, 0.2) is 0 Å². The predicted octanol–water partition coefficient (Wildman–Crippen LogP) is 2.02. The zero-order valence-corrected chi connectivity index (χ0v) is 10.6. The molecule has 4 nitrogen and oxygen atoms in total. The second-order valence-electron chi connectivity index (χ2n) is 3.97. The highest BCUT2D eigenvalue weighted by Crippen LogP contribution is 2.24. The first kappa shape index (κ1) is 12.4. The van der Waals surface area contributed by atoms with Crippen molar-refractivity contribution in [3.63, 3.8) is 0 Å². The van der Waals surface area contributed by atoms with Crippen LogP contribution in [0.15, 0.2) is 12.1 Å². The smallest absolute Gasteiger partial charge is 0.326 e. The van der Waals surface area contributed by atoms with Gasteiger partial charge in [-0.1, -0.05) is 11.6 Å². The van der Waals surface area contributed by atoms with Gasteiger partial charge >= 0.3 is 5.97 Å². The molecule has 92 valence electrons. The third-order valence-electron chi connectivity index (χ3n) is 2.81. The lowest BCUT2D eigenvalue weighted by atomic mass is 10.2. The van der Waals surface area contributed by atoms with Gasteiger partial charge in [-0.3, -0.25) is 4.79 Å². The van der Waals surface area contributed by atoms with Crippen LogP contribution in [0.1, 0.15) is 17.7 Å². The molecule has 0 unspecified atom stereocenters. The summed E-state index contributed by atoms with van der Waals surface area (Å²) in [6, 6.07) is 2.89. The molecule has 1 atom stereocenters. The van der Waals surface area contributed by atoms with Gasteiger partial charge < -0.3 is 10.0 Å². The van der Waals surface area contributed by atoms with Gasteiger partial charge in [-0.05, 0) is 25.0 Å². The first-order valence-corrected chi connectivity index (χ1v) is 6.54. The summed E-state index contributed by atoms with van der Waals surface area (Å²) in [5.74, 6) is -1.05. The molecule has 1 aromatic rings. The highest BCUT2D eigenvalue weighted by Gasteiger charge is 2.33. The Labute approximate surface area is 108 Å². The van der Waals surface area contributed by atoms with Gasteiger partial charge in [0.2, 0.25) is 5.91 Å². The largest absolute Gasteiger partial charge is 0.480 e. The van der Waals surface area contributed by atoms with Crippen LogP contribution in [0, 0.1) is 0 Å². The van der Waals surface area contributed by atoms with E-state index in [0.717, 1.165) is 11.3 Å². The number of hydrogen-bond acceptors (Lipinski definition) is 3. The molecule has 2 rings (SSSR count). The molecular weight excluding hydrogens is 262 g/mol. The number of carboxylic acids is 1. The van der Waals surface area contributed by atoms with Crippen LogP contribution in [-0.2, 0) is 16.0 Å². The van der Waals surface area contributed by atoms with Crippen LogP contribution in [0.2, 0.25) is 4.34 Å². The molecule has 2 heterocycles. The number of amides is 1. The standard InChI is InChI=1S/C11H12ClNO3S/c12-9-4-3-7(17-9)6-10(14)13-5-1-2-8(13)11(15)16/h3-4,8H,1-2,5-6H2,(H,15,16)/t8-/m0/s1. The molecule has 1 N–H and O–H groups in total. The maximum Gasteiger partial charge on any atom is 0.326 e. The van der Waals surface area contributed by atoms with E-state index in [1.165, 1.54) is 16.2 Å². The van der Waals surface area contributed by atoms with E-state index in [9.17, 15) is 9.59 Å². The molecule has 1 fully saturated rings. The summed E-state index contributed by atoms with van der Waals surface area (Å²) in [6.45, 7) is 0.537. The topological polar surface area (TPSA) is 57.6 Å². The van der Waals surface area contributed by atoms with E-state index in [4.69, 9.17) is 16.7 Å². The number of hydrogen-bond donors (Lipinski definition) is 1. The number of carbonyl (C=O) groups is 2. The number of halogens is 1. The minimum atomic E-state index is -0.917. The van der Waals surface area contributed by atoms with E-state index >= 15 is 0 Å². The average Bonchev–Trinajstić information content (AvgIpc) is 2.86. The number of rotatable bonds is 3. The van der Waals surface area contributed by atoms with Crippen molar-refractivity contribution in [2.75, 3.05) is 6.54 Å². The molecule has 1 saturated heterocycles. The Kier molecular flexibility index (Phi) is 3.69. The molecule has 0 radical (unpaired) electrons. The Morgan fingerprint density at radius 1 is 1.53 bits per heavy atom. The molecule has 0 bridgehead atoms. The molecule has 6 heteroatoms. The van der Waals surface area contributed by atoms with Crippen molar-refractivity contribution in [3.8, 4) is 0 Å². The monoisotopic (exact) mass is 273 g/mol. The fourth-order valence-corrected chi connectivity index (χ4v) is 3.10. The molecule has 0 saturated carbocycles. The van der Waals surface area contributed by atoms with Crippen molar-refractivity contribution in [2.45, 2.75) is 25.3 Å². The molecule has 17 heavy (non-hydrogen) atoms. The van der Waals surface area contributed by atoms with E-state index in [-0.39, 0.29) is 12.3 Å². The van der Waals surface area contributed by atoms with Gasteiger partial charge in [-0.2, -0.15) is 0 Å². The summed E-state index contributed by atoms with van der Waals surface area (Å²) in [6.07, 6.45) is 1.54. The zero-order chi connectivity index (χ0) is 12.4. The van der Waals surface area contributed by atoms with Crippen molar-refractivity contribution in [2.24, 2.45) is 0 Å². The van der Waals surface area contributed by atoms with E-state index in [1.807, 2.05) is 0 Å². The summed E-state index contributed by atoms with van der Waals surface area (Å²) in [5, 5.41) is 8.99. The quantitative estimate of drug-likeness (QED) is 0.917. The molecule has 1 aliphatic rings. The number of carbonyl (C=O) groups excluding carboxylic acids is 1. The Morgan fingerprint density at radius 2 is 2.29 bits per heavy atom. The SMILES string of the molecule is O=C(O)[C@@H]1CCCN1C(=O)Cc1ccc(Cl)s1. The lowest BCUT2D eigenvalue weighted by molar-refractivity contribution is -0.147. The Morgan fingerprint density at radius 3 is 2.88 bits per heavy atom. The molecule has 1 amide bonds. The number of thiophene rings is 1. The average molecular weight is 274 g/mol.